The van der Waals surface area contributed by atoms with Gasteiger partial charge in [0.2, 0.25) is 5.91 Å². The van der Waals surface area contributed by atoms with Crippen LogP contribution in [-0.4, -0.2) is 45.7 Å². The van der Waals surface area contributed by atoms with Crippen molar-refractivity contribution in [3.63, 3.8) is 0 Å². The van der Waals surface area contributed by atoms with E-state index in [0.29, 0.717) is 19.4 Å². The van der Waals surface area contributed by atoms with Crippen molar-refractivity contribution in [3.8, 4) is 0 Å². The van der Waals surface area contributed by atoms with Crippen molar-refractivity contribution in [1.29, 1.82) is 0 Å². The number of aromatic carboxylic acids is 1. The van der Waals surface area contributed by atoms with Crippen LogP contribution in [0.4, 0.5) is 0 Å². The summed E-state index contributed by atoms with van der Waals surface area (Å²) >= 11 is 0. The topological polar surface area (TPSA) is 77.8 Å². The van der Waals surface area contributed by atoms with Crippen molar-refractivity contribution >= 4 is 11.9 Å². The van der Waals surface area contributed by atoms with E-state index in [4.69, 9.17) is 5.11 Å². The number of hydrogen-bond donors (Lipinski definition) is 2. The Morgan fingerprint density at radius 2 is 2.00 bits per heavy atom. The third-order valence-electron chi connectivity index (χ3n) is 5.44. The molecule has 0 radical (unpaired) electrons. The molecule has 0 saturated carbocycles. The third kappa shape index (κ3) is 4.94. The van der Waals surface area contributed by atoms with E-state index in [-0.39, 0.29) is 22.9 Å². The summed E-state index contributed by atoms with van der Waals surface area (Å²) in [5.41, 5.74) is 1.08. The molecule has 1 fully saturated rings. The Labute approximate surface area is 155 Å². The fourth-order valence-electron chi connectivity index (χ4n) is 3.01. The normalized spacial score (nSPS) is 19.3. The van der Waals surface area contributed by atoms with E-state index in [1.54, 1.807) is 24.3 Å². The third-order valence-corrected chi connectivity index (χ3v) is 5.44. The fourth-order valence-corrected chi connectivity index (χ4v) is 3.01. The maximum Gasteiger partial charge on any atom is 0.335 e. The molecule has 5 nitrogen and oxygen atoms in total. The summed E-state index contributed by atoms with van der Waals surface area (Å²) in [4.78, 5) is 25.0. The maximum atomic E-state index is 12.2. The Kier molecular flexibility index (Phi) is 6.59. The maximum absolute atomic E-state index is 12.2. The number of rotatable bonds is 8. The first-order valence-corrected chi connectivity index (χ1v) is 9.22. The van der Waals surface area contributed by atoms with Crippen LogP contribution in [0.25, 0.3) is 0 Å². The molecule has 0 aliphatic carbocycles. The number of carbonyl (C=O) groups is 2. The first kappa shape index (κ1) is 20.2. The Hall–Kier alpha value is -2.14. The van der Waals surface area contributed by atoms with Crippen LogP contribution < -0.4 is 0 Å². The highest BCUT2D eigenvalue weighted by Gasteiger charge is 2.30. The summed E-state index contributed by atoms with van der Waals surface area (Å²) in [6.45, 7) is 6.70. The van der Waals surface area contributed by atoms with Gasteiger partial charge in [-0.1, -0.05) is 45.1 Å². The first-order valence-electron chi connectivity index (χ1n) is 9.22. The van der Waals surface area contributed by atoms with Gasteiger partial charge in [0.1, 0.15) is 0 Å². The Balaban J connectivity index is 1.98. The number of hydrogen-bond acceptors (Lipinski definition) is 3. The molecule has 0 spiro atoms. The van der Waals surface area contributed by atoms with Gasteiger partial charge in [0, 0.05) is 13.0 Å². The lowest BCUT2D eigenvalue weighted by molar-refractivity contribution is -0.128. The van der Waals surface area contributed by atoms with Crippen molar-refractivity contribution < 1.29 is 19.8 Å². The molecule has 1 saturated heterocycles. The molecule has 2 rings (SSSR count). The highest BCUT2D eigenvalue weighted by Crippen LogP contribution is 2.27. The average Bonchev–Trinajstić information content (AvgIpc) is 2.97. The van der Waals surface area contributed by atoms with Crippen LogP contribution in [0.15, 0.2) is 36.4 Å². The van der Waals surface area contributed by atoms with E-state index >= 15 is 0 Å². The van der Waals surface area contributed by atoms with Crippen LogP contribution in [0.1, 0.15) is 56.0 Å². The number of nitrogens with zero attached hydrogens (tertiary/aromatic N) is 1. The van der Waals surface area contributed by atoms with Crippen LogP contribution in [0, 0.1) is 5.41 Å². The second-order valence-corrected chi connectivity index (χ2v) is 7.62. The zero-order chi connectivity index (χ0) is 19.3. The lowest BCUT2D eigenvalue weighted by atomic mass is 9.83. The van der Waals surface area contributed by atoms with E-state index in [9.17, 15) is 14.7 Å². The number of likely N-dealkylation sites (tertiary alicyclic amines) is 1. The lowest BCUT2D eigenvalue weighted by Crippen LogP contribution is -2.34. The second kappa shape index (κ2) is 8.49. The van der Waals surface area contributed by atoms with Gasteiger partial charge < -0.3 is 15.1 Å². The van der Waals surface area contributed by atoms with Gasteiger partial charge in [0.05, 0.1) is 17.7 Å². The summed E-state index contributed by atoms with van der Waals surface area (Å²) in [6.07, 6.45) is 6.10. The number of carboxylic acids is 1. The van der Waals surface area contributed by atoms with Crippen LogP contribution in [0.2, 0.25) is 0 Å². The molecule has 1 aliphatic heterocycles. The molecular weight excluding hydrogens is 330 g/mol. The summed E-state index contributed by atoms with van der Waals surface area (Å²) < 4.78 is 0. The van der Waals surface area contributed by atoms with Crippen molar-refractivity contribution in [2.75, 3.05) is 6.54 Å². The van der Waals surface area contributed by atoms with Gasteiger partial charge in [0.15, 0.2) is 0 Å². The highest BCUT2D eigenvalue weighted by atomic mass is 16.4. The molecule has 1 heterocycles. The van der Waals surface area contributed by atoms with Crippen molar-refractivity contribution in [2.24, 2.45) is 5.41 Å². The van der Waals surface area contributed by atoms with E-state index in [1.165, 1.54) is 0 Å². The van der Waals surface area contributed by atoms with Gasteiger partial charge >= 0.3 is 5.97 Å². The Bertz CT molecular complexity index is 663. The van der Waals surface area contributed by atoms with Crippen LogP contribution in [0.3, 0.4) is 0 Å². The molecule has 5 heteroatoms. The van der Waals surface area contributed by atoms with E-state index in [0.717, 1.165) is 18.4 Å². The summed E-state index contributed by atoms with van der Waals surface area (Å²) in [7, 11) is 0. The smallest absolute Gasteiger partial charge is 0.335 e. The minimum absolute atomic E-state index is 0.0168. The molecule has 1 aromatic rings. The van der Waals surface area contributed by atoms with Crippen LogP contribution in [0.5, 0.6) is 0 Å². The molecule has 0 aromatic heterocycles. The number of benzene rings is 1. The molecule has 1 aromatic carbocycles. The van der Waals surface area contributed by atoms with Crippen molar-refractivity contribution in [1.82, 2.24) is 4.90 Å². The van der Waals surface area contributed by atoms with Gasteiger partial charge in [-0.15, -0.1) is 0 Å². The molecule has 2 atom stereocenters. The number of carbonyl (C=O) groups excluding carboxylic acids is 1. The molecule has 142 valence electrons. The van der Waals surface area contributed by atoms with Gasteiger partial charge in [0.25, 0.3) is 0 Å². The predicted molar refractivity (Wildman–Crippen MR) is 101 cm³/mol. The summed E-state index contributed by atoms with van der Waals surface area (Å²) in [5.74, 6) is -0.809. The zero-order valence-corrected chi connectivity index (χ0v) is 15.8. The van der Waals surface area contributed by atoms with Gasteiger partial charge in [-0.2, -0.15) is 0 Å². The first-order chi connectivity index (χ1) is 12.2. The number of carboxylic acid groups (broad SMARTS) is 1. The quantitative estimate of drug-likeness (QED) is 0.698. The Morgan fingerprint density at radius 1 is 1.35 bits per heavy atom. The summed E-state index contributed by atoms with van der Waals surface area (Å²) in [6, 6.07) is 6.78. The Morgan fingerprint density at radius 3 is 2.58 bits per heavy atom. The average molecular weight is 359 g/mol. The predicted octanol–water partition coefficient (Wildman–Crippen LogP) is 3.27. The minimum Gasteiger partial charge on any atom is -0.478 e. The number of aliphatic hydroxyl groups excluding tert-OH is 1. The molecule has 26 heavy (non-hydrogen) atoms. The van der Waals surface area contributed by atoms with Crippen LogP contribution in [-0.2, 0) is 11.2 Å². The van der Waals surface area contributed by atoms with Crippen molar-refractivity contribution in [2.45, 2.75) is 58.6 Å². The van der Waals surface area contributed by atoms with Gasteiger partial charge in [-0.05, 0) is 42.4 Å². The van der Waals surface area contributed by atoms with Gasteiger partial charge in [-0.25, -0.2) is 4.79 Å². The number of amides is 1. The molecule has 0 bridgehead atoms. The SMILES string of the molecule is CCC(C)(C)C(O)/C=C/C1CCC(=O)N1CCc1ccc(C(=O)O)cc1. The fraction of sp³-hybridized carbons (Fsp3) is 0.524. The monoisotopic (exact) mass is 359 g/mol. The molecular formula is C21H29NO4. The highest BCUT2D eigenvalue weighted by molar-refractivity contribution is 5.87. The van der Waals surface area contributed by atoms with Crippen LogP contribution >= 0.6 is 0 Å². The largest absolute Gasteiger partial charge is 0.478 e. The molecule has 2 N–H and O–H groups in total. The second-order valence-electron chi connectivity index (χ2n) is 7.62. The van der Waals surface area contributed by atoms with E-state index in [2.05, 4.69) is 6.92 Å². The zero-order valence-electron chi connectivity index (χ0n) is 15.8. The van der Waals surface area contributed by atoms with E-state index in [1.807, 2.05) is 30.9 Å². The van der Waals surface area contributed by atoms with Gasteiger partial charge in [-0.3, -0.25) is 4.79 Å². The van der Waals surface area contributed by atoms with E-state index < -0.39 is 12.1 Å². The number of aliphatic hydroxyl groups is 1. The molecule has 2 unspecified atom stereocenters. The molecule has 1 amide bonds. The lowest BCUT2D eigenvalue weighted by Gasteiger charge is -2.28. The summed E-state index contributed by atoms with van der Waals surface area (Å²) in [5, 5.41) is 19.3. The standard InChI is InChI=1S/C21H29NO4/c1-4-21(2,3)18(23)11-9-17-10-12-19(24)22(17)14-13-15-5-7-16(8-6-15)20(25)26/h5-9,11,17-18,23H,4,10,12-14H2,1-3H3,(H,25,26)/b11-9+. The minimum atomic E-state index is -0.940. The van der Waals surface area contributed by atoms with Crippen molar-refractivity contribution in [3.05, 3.63) is 47.5 Å². The molecule has 1 aliphatic rings.